The molecule has 0 saturated heterocycles. The number of amides is 1. The molecule has 0 aliphatic carbocycles. The van der Waals surface area contributed by atoms with E-state index < -0.39 is 17.4 Å². The van der Waals surface area contributed by atoms with Crippen molar-refractivity contribution in [1.29, 1.82) is 5.26 Å². The Bertz CT molecular complexity index is 742. The molecule has 0 aliphatic heterocycles. The molecule has 0 aromatic heterocycles. The van der Waals surface area contributed by atoms with Crippen LogP contribution in [0.4, 0.5) is 0 Å². The summed E-state index contributed by atoms with van der Waals surface area (Å²) < 4.78 is 0. The van der Waals surface area contributed by atoms with Crippen molar-refractivity contribution in [3.8, 4) is 6.07 Å². The molecular formula is C21H22N2O3. The largest absolute Gasteiger partial charge is 0.480 e. The molecule has 2 rings (SSSR count). The highest BCUT2D eigenvalue weighted by Gasteiger charge is 2.38. The number of carboxylic acid groups (broad SMARTS) is 1. The first-order valence-corrected chi connectivity index (χ1v) is 8.52. The third-order valence-electron chi connectivity index (χ3n) is 4.54. The van der Waals surface area contributed by atoms with Crippen molar-refractivity contribution in [3.63, 3.8) is 0 Å². The minimum Gasteiger partial charge on any atom is -0.480 e. The van der Waals surface area contributed by atoms with Gasteiger partial charge < -0.3 is 10.4 Å². The molecule has 0 saturated carbocycles. The second-order valence-electron chi connectivity index (χ2n) is 6.27. The molecule has 2 aromatic rings. The number of hydrogen-bond donors (Lipinski definition) is 2. The number of carboxylic acids is 1. The third-order valence-corrected chi connectivity index (χ3v) is 4.54. The van der Waals surface area contributed by atoms with Gasteiger partial charge in [-0.25, -0.2) is 4.79 Å². The number of carbonyl (C=O) groups excluding carboxylic acids is 1. The van der Waals surface area contributed by atoms with E-state index in [1.807, 2.05) is 66.7 Å². The van der Waals surface area contributed by atoms with Crippen molar-refractivity contribution < 1.29 is 14.7 Å². The summed E-state index contributed by atoms with van der Waals surface area (Å²) in [6, 6.07) is 19.6. The molecular weight excluding hydrogens is 328 g/mol. The molecule has 0 fully saturated rings. The lowest BCUT2D eigenvalue weighted by atomic mass is 9.75. The van der Waals surface area contributed by atoms with Gasteiger partial charge in [0.15, 0.2) is 0 Å². The van der Waals surface area contributed by atoms with Gasteiger partial charge in [0.25, 0.3) is 0 Å². The lowest BCUT2D eigenvalue weighted by Gasteiger charge is -2.31. The smallest absolute Gasteiger partial charge is 0.326 e. The molecule has 1 amide bonds. The van der Waals surface area contributed by atoms with Crippen LogP contribution >= 0.6 is 0 Å². The van der Waals surface area contributed by atoms with Crippen molar-refractivity contribution in [1.82, 2.24) is 5.32 Å². The molecule has 0 spiro atoms. The molecule has 5 nitrogen and oxygen atoms in total. The number of hydrogen-bond acceptors (Lipinski definition) is 3. The van der Waals surface area contributed by atoms with Crippen LogP contribution in [0.2, 0.25) is 0 Å². The predicted molar refractivity (Wildman–Crippen MR) is 98.4 cm³/mol. The zero-order chi connectivity index (χ0) is 19.0. The van der Waals surface area contributed by atoms with E-state index in [-0.39, 0.29) is 18.7 Å². The number of benzene rings is 2. The fourth-order valence-electron chi connectivity index (χ4n) is 2.92. The van der Waals surface area contributed by atoms with E-state index in [1.54, 1.807) is 6.92 Å². The molecule has 0 unspecified atom stereocenters. The highest BCUT2D eigenvalue weighted by atomic mass is 16.4. The molecule has 5 heteroatoms. The molecule has 0 aliphatic rings. The molecule has 1 atom stereocenters. The monoisotopic (exact) mass is 350 g/mol. The van der Waals surface area contributed by atoms with Crippen LogP contribution in [0, 0.1) is 11.3 Å². The minimum atomic E-state index is -1.10. The Morgan fingerprint density at radius 3 is 2.00 bits per heavy atom. The molecule has 2 aromatic carbocycles. The summed E-state index contributed by atoms with van der Waals surface area (Å²) in [5, 5.41) is 20.7. The molecule has 0 radical (unpaired) electrons. The number of rotatable bonds is 8. The highest BCUT2D eigenvalue weighted by Crippen LogP contribution is 2.32. The predicted octanol–water partition coefficient (Wildman–Crippen LogP) is 3.26. The van der Waals surface area contributed by atoms with E-state index in [9.17, 15) is 14.7 Å². The van der Waals surface area contributed by atoms with Crippen LogP contribution in [-0.4, -0.2) is 23.0 Å². The van der Waals surface area contributed by atoms with Crippen LogP contribution in [-0.2, 0) is 15.0 Å². The maximum atomic E-state index is 13.2. The quantitative estimate of drug-likeness (QED) is 0.715. The highest BCUT2D eigenvalue weighted by molar-refractivity contribution is 5.94. The number of nitrogens with one attached hydrogen (secondary N) is 1. The first kappa shape index (κ1) is 19.2. The van der Waals surface area contributed by atoms with Gasteiger partial charge in [0.05, 0.1) is 11.5 Å². The van der Waals surface area contributed by atoms with Gasteiger partial charge in [-0.15, -0.1) is 0 Å². The van der Waals surface area contributed by atoms with Crippen molar-refractivity contribution in [2.24, 2.45) is 0 Å². The van der Waals surface area contributed by atoms with E-state index in [4.69, 9.17) is 5.26 Å². The van der Waals surface area contributed by atoms with Crippen LogP contribution in [0.5, 0.6) is 0 Å². The van der Waals surface area contributed by atoms with Crippen LogP contribution in [0.1, 0.15) is 37.3 Å². The molecule has 26 heavy (non-hydrogen) atoms. The fourth-order valence-corrected chi connectivity index (χ4v) is 2.92. The maximum absolute atomic E-state index is 13.2. The van der Waals surface area contributed by atoms with Gasteiger partial charge in [-0.05, 0) is 30.9 Å². The summed E-state index contributed by atoms with van der Waals surface area (Å²) in [5.41, 5.74) is 0.542. The van der Waals surface area contributed by atoms with Gasteiger partial charge in [0, 0.05) is 6.42 Å². The lowest BCUT2D eigenvalue weighted by Crippen LogP contribution is -2.50. The summed E-state index contributed by atoms with van der Waals surface area (Å²) in [5.74, 6) is -1.47. The number of carbonyl (C=O) groups is 2. The maximum Gasteiger partial charge on any atom is 0.326 e. The molecule has 134 valence electrons. The standard InChI is InChI=1S/C21H22N2O3/c1-21(16-10-4-2-5-11-16,17-12-6-3-7-13-17)20(26)23-18(19(24)25)14-8-9-15-22/h2-7,10-13,18H,8-9,14H2,1H3,(H,23,26)(H,24,25)/t18-/m0/s1. The normalized spacial score (nSPS) is 12.0. The van der Waals surface area contributed by atoms with E-state index in [2.05, 4.69) is 5.32 Å². The van der Waals surface area contributed by atoms with Crippen LogP contribution in [0.15, 0.2) is 60.7 Å². The fraction of sp³-hybridized carbons (Fsp3) is 0.286. The van der Waals surface area contributed by atoms with Crippen LogP contribution < -0.4 is 5.32 Å². The summed E-state index contributed by atoms with van der Waals surface area (Å²) in [4.78, 5) is 24.7. The number of aliphatic carboxylic acids is 1. The van der Waals surface area contributed by atoms with Gasteiger partial charge in [-0.1, -0.05) is 60.7 Å². The van der Waals surface area contributed by atoms with E-state index >= 15 is 0 Å². The van der Waals surface area contributed by atoms with Crippen LogP contribution in [0.25, 0.3) is 0 Å². The van der Waals surface area contributed by atoms with E-state index in [0.29, 0.717) is 6.42 Å². The number of nitriles is 1. The molecule has 0 bridgehead atoms. The SMILES string of the molecule is CC(C(=O)N[C@@H](CCCC#N)C(=O)O)(c1ccccc1)c1ccccc1. The Kier molecular flexibility index (Phi) is 6.51. The van der Waals surface area contributed by atoms with Crippen molar-refractivity contribution in [2.45, 2.75) is 37.6 Å². The summed E-state index contributed by atoms with van der Waals surface area (Å²) >= 11 is 0. The summed E-state index contributed by atoms with van der Waals surface area (Å²) in [6.45, 7) is 1.79. The van der Waals surface area contributed by atoms with Crippen molar-refractivity contribution in [2.75, 3.05) is 0 Å². The minimum absolute atomic E-state index is 0.217. The third kappa shape index (κ3) is 4.28. The average Bonchev–Trinajstić information content (AvgIpc) is 2.67. The Hall–Kier alpha value is -3.13. The number of unbranched alkanes of at least 4 members (excludes halogenated alkanes) is 1. The average molecular weight is 350 g/mol. The van der Waals surface area contributed by atoms with E-state index in [0.717, 1.165) is 11.1 Å². The first-order valence-electron chi connectivity index (χ1n) is 8.52. The van der Waals surface area contributed by atoms with Crippen LogP contribution in [0.3, 0.4) is 0 Å². The Morgan fingerprint density at radius 2 is 1.58 bits per heavy atom. The van der Waals surface area contributed by atoms with Crippen molar-refractivity contribution >= 4 is 11.9 Å². The van der Waals surface area contributed by atoms with Gasteiger partial charge in [0.2, 0.25) is 5.91 Å². The lowest BCUT2D eigenvalue weighted by molar-refractivity contribution is -0.142. The Balaban J connectivity index is 2.35. The molecule has 0 heterocycles. The second kappa shape index (κ2) is 8.82. The number of nitrogens with zero attached hydrogens (tertiary/aromatic N) is 1. The Labute approximate surface area is 153 Å². The van der Waals surface area contributed by atoms with Gasteiger partial charge >= 0.3 is 5.97 Å². The Morgan fingerprint density at radius 1 is 1.08 bits per heavy atom. The van der Waals surface area contributed by atoms with Gasteiger partial charge in [-0.2, -0.15) is 5.26 Å². The topological polar surface area (TPSA) is 90.2 Å². The second-order valence-corrected chi connectivity index (χ2v) is 6.27. The van der Waals surface area contributed by atoms with E-state index in [1.165, 1.54) is 0 Å². The molecule has 2 N–H and O–H groups in total. The zero-order valence-electron chi connectivity index (χ0n) is 14.7. The zero-order valence-corrected chi connectivity index (χ0v) is 14.7. The summed E-state index contributed by atoms with van der Waals surface area (Å²) in [7, 11) is 0. The first-order chi connectivity index (χ1) is 12.5. The van der Waals surface area contributed by atoms with Gasteiger partial charge in [-0.3, -0.25) is 4.79 Å². The van der Waals surface area contributed by atoms with Gasteiger partial charge in [0.1, 0.15) is 6.04 Å². The summed E-state index contributed by atoms with van der Waals surface area (Å²) in [6.07, 6.45) is 0.893. The van der Waals surface area contributed by atoms with Crippen molar-refractivity contribution in [3.05, 3.63) is 71.8 Å².